The molecule has 120 valence electrons. The summed E-state index contributed by atoms with van der Waals surface area (Å²) < 4.78 is 0. The molecule has 0 atom stereocenters. The molecular formula is C19H23N3O. The highest BCUT2D eigenvalue weighted by molar-refractivity contribution is 5.96. The number of nitrogens with one attached hydrogen (secondary N) is 1. The molecule has 2 aromatic rings. The molecule has 0 radical (unpaired) electrons. The highest BCUT2D eigenvalue weighted by Crippen LogP contribution is 2.17. The van der Waals surface area contributed by atoms with Gasteiger partial charge < -0.3 is 10.2 Å². The van der Waals surface area contributed by atoms with Crippen molar-refractivity contribution in [1.82, 2.24) is 0 Å². The average Bonchev–Trinajstić information content (AvgIpc) is 2.60. The fraction of sp³-hybridized carbons (Fsp3) is 0.263. The van der Waals surface area contributed by atoms with Crippen LogP contribution in [-0.4, -0.2) is 25.8 Å². The van der Waals surface area contributed by atoms with Gasteiger partial charge in [0, 0.05) is 31.9 Å². The lowest BCUT2D eigenvalue weighted by molar-refractivity contribution is -0.116. The van der Waals surface area contributed by atoms with Gasteiger partial charge in [-0.15, -0.1) is 0 Å². The Bertz CT molecular complexity index is 663. The predicted molar refractivity (Wildman–Crippen MR) is 97.3 cm³/mol. The van der Waals surface area contributed by atoms with Crippen LogP contribution in [0.1, 0.15) is 18.9 Å². The SMILES string of the molecule is CN=C(C)N(C)c1ccc(NC(=O)CCc2ccccc2)cc1. The van der Waals surface area contributed by atoms with E-state index in [4.69, 9.17) is 0 Å². The van der Waals surface area contributed by atoms with E-state index in [1.165, 1.54) is 5.56 Å². The van der Waals surface area contributed by atoms with E-state index in [-0.39, 0.29) is 5.91 Å². The third-order valence-corrected chi connectivity index (χ3v) is 3.83. The quantitative estimate of drug-likeness (QED) is 0.675. The number of anilines is 2. The highest BCUT2D eigenvalue weighted by atomic mass is 16.1. The topological polar surface area (TPSA) is 44.7 Å². The number of aryl methyl sites for hydroxylation is 1. The molecule has 0 aliphatic carbocycles. The van der Waals surface area contributed by atoms with Crippen LogP contribution in [0.3, 0.4) is 0 Å². The van der Waals surface area contributed by atoms with Gasteiger partial charge in [-0.1, -0.05) is 30.3 Å². The summed E-state index contributed by atoms with van der Waals surface area (Å²) in [5.74, 6) is 0.964. The molecule has 0 heterocycles. The Kier molecular flexibility index (Phi) is 5.92. The van der Waals surface area contributed by atoms with Crippen LogP contribution in [0.25, 0.3) is 0 Å². The van der Waals surface area contributed by atoms with Crippen molar-refractivity contribution in [3.8, 4) is 0 Å². The molecule has 0 aromatic heterocycles. The first-order valence-corrected chi connectivity index (χ1v) is 7.71. The van der Waals surface area contributed by atoms with Crippen LogP contribution in [0.2, 0.25) is 0 Å². The molecule has 0 bridgehead atoms. The van der Waals surface area contributed by atoms with Crippen LogP contribution in [0.5, 0.6) is 0 Å². The number of aliphatic imine (C=N–C) groups is 1. The molecule has 0 aliphatic rings. The second kappa shape index (κ2) is 8.13. The Morgan fingerprint density at radius 2 is 1.74 bits per heavy atom. The van der Waals surface area contributed by atoms with E-state index in [1.807, 2.05) is 73.5 Å². The molecule has 0 aliphatic heterocycles. The average molecular weight is 309 g/mol. The third-order valence-electron chi connectivity index (χ3n) is 3.83. The number of nitrogens with zero attached hydrogens (tertiary/aromatic N) is 2. The van der Waals surface area contributed by atoms with Crippen molar-refractivity contribution in [3.05, 3.63) is 60.2 Å². The van der Waals surface area contributed by atoms with E-state index >= 15 is 0 Å². The molecular weight excluding hydrogens is 286 g/mol. The lowest BCUT2D eigenvalue weighted by Crippen LogP contribution is -2.23. The Morgan fingerprint density at radius 3 is 2.35 bits per heavy atom. The number of amidine groups is 1. The zero-order valence-corrected chi connectivity index (χ0v) is 13.9. The van der Waals surface area contributed by atoms with Crippen molar-refractivity contribution >= 4 is 23.1 Å². The van der Waals surface area contributed by atoms with Gasteiger partial charge in [0.2, 0.25) is 5.91 Å². The first-order chi connectivity index (χ1) is 11.1. The molecule has 0 saturated carbocycles. The van der Waals surface area contributed by atoms with Crippen molar-refractivity contribution in [3.63, 3.8) is 0 Å². The smallest absolute Gasteiger partial charge is 0.224 e. The minimum absolute atomic E-state index is 0.0289. The molecule has 2 aromatic carbocycles. The lowest BCUT2D eigenvalue weighted by Gasteiger charge is -2.18. The summed E-state index contributed by atoms with van der Waals surface area (Å²) in [6, 6.07) is 17.8. The number of amides is 1. The van der Waals surface area contributed by atoms with E-state index in [9.17, 15) is 4.79 Å². The summed E-state index contributed by atoms with van der Waals surface area (Å²) in [7, 11) is 3.74. The van der Waals surface area contributed by atoms with Gasteiger partial charge in [-0.25, -0.2) is 0 Å². The van der Waals surface area contributed by atoms with Crippen molar-refractivity contribution < 1.29 is 4.79 Å². The van der Waals surface area contributed by atoms with Crippen LogP contribution >= 0.6 is 0 Å². The second-order valence-corrected chi connectivity index (χ2v) is 5.41. The normalized spacial score (nSPS) is 11.2. The molecule has 0 fully saturated rings. The van der Waals surface area contributed by atoms with Crippen LogP contribution in [-0.2, 0) is 11.2 Å². The van der Waals surface area contributed by atoms with Gasteiger partial charge in [0.05, 0.1) is 5.84 Å². The van der Waals surface area contributed by atoms with Gasteiger partial charge in [0.15, 0.2) is 0 Å². The van der Waals surface area contributed by atoms with Crippen LogP contribution in [0, 0.1) is 0 Å². The van der Waals surface area contributed by atoms with Gasteiger partial charge >= 0.3 is 0 Å². The second-order valence-electron chi connectivity index (χ2n) is 5.41. The van der Waals surface area contributed by atoms with Crippen LogP contribution < -0.4 is 10.2 Å². The number of carbonyl (C=O) groups is 1. The fourth-order valence-corrected chi connectivity index (χ4v) is 2.23. The monoisotopic (exact) mass is 309 g/mol. The Hall–Kier alpha value is -2.62. The largest absolute Gasteiger partial charge is 0.334 e. The maximum absolute atomic E-state index is 12.0. The molecule has 1 amide bonds. The van der Waals surface area contributed by atoms with Crippen molar-refractivity contribution in [1.29, 1.82) is 0 Å². The zero-order chi connectivity index (χ0) is 16.7. The number of rotatable bonds is 5. The van der Waals surface area contributed by atoms with Gasteiger partial charge in [0.25, 0.3) is 0 Å². The lowest BCUT2D eigenvalue weighted by atomic mass is 10.1. The summed E-state index contributed by atoms with van der Waals surface area (Å²) >= 11 is 0. The van der Waals surface area contributed by atoms with Crippen LogP contribution in [0.15, 0.2) is 59.6 Å². The van der Waals surface area contributed by atoms with E-state index in [2.05, 4.69) is 10.3 Å². The molecule has 4 nitrogen and oxygen atoms in total. The summed E-state index contributed by atoms with van der Waals surface area (Å²) in [5, 5.41) is 2.93. The summed E-state index contributed by atoms with van der Waals surface area (Å²) in [4.78, 5) is 18.2. The number of carbonyl (C=O) groups excluding carboxylic acids is 1. The number of benzene rings is 2. The van der Waals surface area contributed by atoms with Gasteiger partial charge in [0.1, 0.15) is 0 Å². The van der Waals surface area contributed by atoms with Gasteiger partial charge in [-0.05, 0) is 43.2 Å². The summed E-state index contributed by atoms with van der Waals surface area (Å²) in [6.07, 6.45) is 1.23. The summed E-state index contributed by atoms with van der Waals surface area (Å²) in [6.45, 7) is 1.96. The molecule has 4 heteroatoms. The highest BCUT2D eigenvalue weighted by Gasteiger charge is 2.06. The predicted octanol–water partition coefficient (Wildman–Crippen LogP) is 3.74. The number of hydrogen-bond donors (Lipinski definition) is 1. The Labute approximate surface area is 137 Å². The maximum Gasteiger partial charge on any atom is 0.224 e. The molecule has 0 saturated heterocycles. The third kappa shape index (κ3) is 4.95. The fourth-order valence-electron chi connectivity index (χ4n) is 2.23. The van der Waals surface area contributed by atoms with Gasteiger partial charge in [-0.3, -0.25) is 9.79 Å². The Balaban J connectivity index is 1.89. The van der Waals surface area contributed by atoms with E-state index < -0.39 is 0 Å². The van der Waals surface area contributed by atoms with Crippen molar-refractivity contribution in [2.45, 2.75) is 19.8 Å². The van der Waals surface area contributed by atoms with E-state index in [0.717, 1.165) is 23.6 Å². The molecule has 0 spiro atoms. The first kappa shape index (κ1) is 16.7. The zero-order valence-electron chi connectivity index (χ0n) is 13.9. The standard InChI is InChI=1S/C19H23N3O/c1-15(20-2)22(3)18-12-10-17(11-13-18)21-19(23)14-9-16-7-5-4-6-8-16/h4-8,10-13H,9,14H2,1-3H3,(H,21,23). The van der Waals surface area contributed by atoms with Crippen molar-refractivity contribution in [2.24, 2.45) is 4.99 Å². The Morgan fingerprint density at radius 1 is 1.09 bits per heavy atom. The molecule has 23 heavy (non-hydrogen) atoms. The summed E-state index contributed by atoms with van der Waals surface area (Å²) in [5.41, 5.74) is 3.02. The van der Waals surface area contributed by atoms with E-state index in [0.29, 0.717) is 6.42 Å². The molecule has 1 N–H and O–H groups in total. The van der Waals surface area contributed by atoms with Crippen molar-refractivity contribution in [2.75, 3.05) is 24.3 Å². The van der Waals surface area contributed by atoms with E-state index in [1.54, 1.807) is 7.05 Å². The minimum Gasteiger partial charge on any atom is -0.334 e. The van der Waals surface area contributed by atoms with Crippen LogP contribution in [0.4, 0.5) is 11.4 Å². The van der Waals surface area contributed by atoms with Gasteiger partial charge in [-0.2, -0.15) is 0 Å². The minimum atomic E-state index is 0.0289. The maximum atomic E-state index is 12.0. The number of hydrogen-bond acceptors (Lipinski definition) is 2. The first-order valence-electron chi connectivity index (χ1n) is 7.71. The molecule has 0 unspecified atom stereocenters. The molecule has 2 rings (SSSR count).